The summed E-state index contributed by atoms with van der Waals surface area (Å²) < 4.78 is 5.91. The normalized spacial score (nSPS) is 12.4. The molecule has 0 aliphatic heterocycles. The van der Waals surface area contributed by atoms with Crippen molar-refractivity contribution in [2.24, 2.45) is 0 Å². The molecule has 3 rings (SSSR count). The summed E-state index contributed by atoms with van der Waals surface area (Å²) in [5.74, 6) is 0.455. The number of carbonyl (C=O) groups excluding carboxylic acids is 1. The smallest absolute Gasteiger partial charge is 0.267 e. The number of benzene rings is 2. The molecule has 0 spiro atoms. The highest BCUT2D eigenvalue weighted by molar-refractivity contribution is 7.18. The van der Waals surface area contributed by atoms with E-state index in [1.807, 2.05) is 62.4 Å². The van der Waals surface area contributed by atoms with Crippen molar-refractivity contribution >= 4 is 22.4 Å². The highest BCUT2D eigenvalue weighted by Gasteiger charge is 2.21. The maximum atomic E-state index is 12.7. The van der Waals surface area contributed by atoms with Crippen molar-refractivity contribution in [2.45, 2.75) is 52.6 Å². The Morgan fingerprint density at radius 3 is 2.31 bits per heavy atom. The summed E-state index contributed by atoms with van der Waals surface area (Å²) >= 11 is 1.35. The molecule has 1 N–H and O–H groups in total. The van der Waals surface area contributed by atoms with Crippen LogP contribution < -0.4 is 10.1 Å². The summed E-state index contributed by atoms with van der Waals surface area (Å²) in [6, 6.07) is 16.0. The fraction of sp³-hybridized carbons (Fsp3) is 0.348. The lowest BCUT2D eigenvalue weighted by molar-refractivity contribution is -0.122. The summed E-state index contributed by atoms with van der Waals surface area (Å²) in [6.07, 6.45) is -0.0431. The van der Waals surface area contributed by atoms with Gasteiger partial charge < -0.3 is 4.74 Å². The Morgan fingerprint density at radius 1 is 1.07 bits per heavy atom. The number of hydrogen-bond donors (Lipinski definition) is 1. The Kier molecular flexibility index (Phi) is 6.33. The number of anilines is 1. The lowest BCUT2D eigenvalue weighted by atomic mass is 9.87. The largest absolute Gasteiger partial charge is 0.481 e. The van der Waals surface area contributed by atoms with Gasteiger partial charge in [0.1, 0.15) is 10.8 Å². The first-order chi connectivity index (χ1) is 13.8. The fourth-order valence-corrected chi connectivity index (χ4v) is 3.54. The van der Waals surface area contributed by atoms with Crippen LogP contribution in [0.1, 0.15) is 45.2 Å². The number of rotatable bonds is 6. The molecule has 0 unspecified atom stereocenters. The number of ether oxygens (including phenoxy) is 1. The van der Waals surface area contributed by atoms with Gasteiger partial charge in [0.2, 0.25) is 5.13 Å². The Labute approximate surface area is 176 Å². The van der Waals surface area contributed by atoms with Crippen LogP contribution in [0.15, 0.2) is 48.5 Å². The lowest BCUT2D eigenvalue weighted by Gasteiger charge is -2.20. The van der Waals surface area contributed by atoms with Crippen molar-refractivity contribution in [3.8, 4) is 16.3 Å². The van der Waals surface area contributed by atoms with Crippen LogP contribution in [0.3, 0.4) is 0 Å². The van der Waals surface area contributed by atoms with Crippen molar-refractivity contribution in [1.29, 1.82) is 0 Å². The van der Waals surface area contributed by atoms with Crippen molar-refractivity contribution in [3.05, 3.63) is 59.7 Å². The van der Waals surface area contributed by atoms with Crippen molar-refractivity contribution in [1.82, 2.24) is 10.2 Å². The first-order valence-corrected chi connectivity index (χ1v) is 10.6. The molecular formula is C23H27N3O2S. The van der Waals surface area contributed by atoms with E-state index >= 15 is 0 Å². The molecule has 1 heterocycles. The van der Waals surface area contributed by atoms with E-state index in [-0.39, 0.29) is 11.3 Å². The summed E-state index contributed by atoms with van der Waals surface area (Å²) in [7, 11) is 0. The van der Waals surface area contributed by atoms with Crippen molar-refractivity contribution in [3.63, 3.8) is 0 Å². The molecule has 2 aromatic carbocycles. The number of aromatic nitrogens is 2. The van der Waals surface area contributed by atoms with Crippen LogP contribution in [-0.2, 0) is 10.2 Å². The summed E-state index contributed by atoms with van der Waals surface area (Å²) in [5.41, 5.74) is 3.47. The average Bonchev–Trinajstić information content (AvgIpc) is 3.14. The van der Waals surface area contributed by atoms with Crippen LogP contribution in [0.25, 0.3) is 10.6 Å². The van der Waals surface area contributed by atoms with Gasteiger partial charge in [-0.05, 0) is 36.5 Å². The van der Waals surface area contributed by atoms with Crippen LogP contribution in [0.2, 0.25) is 0 Å². The zero-order chi connectivity index (χ0) is 21.0. The second-order valence-electron chi connectivity index (χ2n) is 8.06. The van der Waals surface area contributed by atoms with Gasteiger partial charge >= 0.3 is 0 Å². The average molecular weight is 410 g/mol. The summed E-state index contributed by atoms with van der Waals surface area (Å²) in [5, 5.41) is 12.4. The molecule has 3 aromatic rings. The minimum absolute atomic E-state index is 0.0764. The quantitative estimate of drug-likeness (QED) is 0.575. The van der Waals surface area contributed by atoms with E-state index in [4.69, 9.17) is 4.74 Å². The van der Waals surface area contributed by atoms with E-state index in [1.54, 1.807) is 0 Å². The highest BCUT2D eigenvalue weighted by Crippen LogP contribution is 2.27. The minimum atomic E-state index is -0.595. The molecule has 5 nitrogen and oxygen atoms in total. The molecule has 0 aliphatic rings. The second kappa shape index (κ2) is 8.74. The molecule has 152 valence electrons. The first kappa shape index (κ1) is 21.0. The topological polar surface area (TPSA) is 64.1 Å². The zero-order valence-corrected chi connectivity index (χ0v) is 18.3. The van der Waals surface area contributed by atoms with Crippen LogP contribution in [-0.4, -0.2) is 22.2 Å². The van der Waals surface area contributed by atoms with Gasteiger partial charge in [-0.1, -0.05) is 81.0 Å². The zero-order valence-electron chi connectivity index (χ0n) is 17.5. The lowest BCUT2D eigenvalue weighted by Crippen LogP contribution is -2.32. The maximum absolute atomic E-state index is 12.7. The molecule has 0 saturated carbocycles. The monoisotopic (exact) mass is 409 g/mol. The molecule has 0 bridgehead atoms. The van der Waals surface area contributed by atoms with E-state index in [9.17, 15) is 4.79 Å². The summed E-state index contributed by atoms with van der Waals surface area (Å²) in [6.45, 7) is 10.5. The second-order valence-corrected chi connectivity index (χ2v) is 9.03. The first-order valence-electron chi connectivity index (χ1n) is 9.75. The van der Waals surface area contributed by atoms with Crippen molar-refractivity contribution in [2.75, 3.05) is 5.32 Å². The molecule has 1 aromatic heterocycles. The molecule has 0 saturated heterocycles. The highest BCUT2D eigenvalue weighted by atomic mass is 32.1. The number of amides is 1. The van der Waals surface area contributed by atoms with Crippen molar-refractivity contribution < 1.29 is 9.53 Å². The Bertz CT molecular complexity index is 957. The number of carbonyl (C=O) groups is 1. The van der Waals surface area contributed by atoms with Crippen LogP contribution >= 0.6 is 11.3 Å². The molecule has 0 fully saturated rings. The molecule has 1 amide bonds. The van der Waals surface area contributed by atoms with Crippen LogP contribution in [0.4, 0.5) is 5.13 Å². The third kappa shape index (κ3) is 5.41. The van der Waals surface area contributed by atoms with Crippen LogP contribution in [0, 0.1) is 6.92 Å². The SMILES string of the molecule is CC[C@H](Oc1ccc(C(C)(C)C)cc1)C(=O)Nc1nnc(-c2ccc(C)cc2)s1. The van der Waals surface area contributed by atoms with Gasteiger partial charge in [-0.3, -0.25) is 10.1 Å². The molecule has 0 aliphatic carbocycles. The molecular weight excluding hydrogens is 382 g/mol. The molecule has 29 heavy (non-hydrogen) atoms. The Morgan fingerprint density at radius 2 is 1.72 bits per heavy atom. The Balaban J connectivity index is 1.65. The van der Waals surface area contributed by atoms with Gasteiger partial charge in [-0.25, -0.2) is 0 Å². The standard InChI is InChI=1S/C23H27N3O2S/c1-6-19(28-18-13-11-17(12-14-18)23(3,4)5)20(27)24-22-26-25-21(29-22)16-9-7-15(2)8-10-16/h7-14,19H,6H2,1-5H3,(H,24,26,27)/t19-/m0/s1. The fourth-order valence-electron chi connectivity index (χ4n) is 2.79. The predicted molar refractivity (Wildman–Crippen MR) is 119 cm³/mol. The number of nitrogens with zero attached hydrogens (tertiary/aromatic N) is 2. The van der Waals surface area contributed by atoms with E-state index in [0.29, 0.717) is 17.3 Å². The number of hydrogen-bond acceptors (Lipinski definition) is 5. The number of aryl methyl sites for hydroxylation is 1. The molecule has 0 radical (unpaired) electrons. The van der Waals surface area contributed by atoms with Gasteiger partial charge in [0.05, 0.1) is 0 Å². The predicted octanol–water partition coefficient (Wildman–Crippen LogP) is 5.61. The van der Waals surface area contributed by atoms with E-state index in [2.05, 4.69) is 36.3 Å². The van der Waals surface area contributed by atoms with Gasteiger partial charge in [-0.2, -0.15) is 0 Å². The third-order valence-electron chi connectivity index (χ3n) is 4.62. The van der Waals surface area contributed by atoms with Gasteiger partial charge in [-0.15, -0.1) is 10.2 Å². The minimum Gasteiger partial charge on any atom is -0.481 e. The van der Waals surface area contributed by atoms with Gasteiger partial charge in [0.25, 0.3) is 5.91 Å². The van der Waals surface area contributed by atoms with E-state index in [1.165, 1.54) is 22.5 Å². The van der Waals surface area contributed by atoms with E-state index in [0.717, 1.165) is 10.6 Å². The van der Waals surface area contributed by atoms with Crippen LogP contribution in [0.5, 0.6) is 5.75 Å². The van der Waals surface area contributed by atoms with Gasteiger partial charge in [0.15, 0.2) is 6.10 Å². The van der Waals surface area contributed by atoms with Gasteiger partial charge in [0, 0.05) is 5.56 Å². The maximum Gasteiger partial charge on any atom is 0.267 e. The molecule has 6 heteroatoms. The van der Waals surface area contributed by atoms with E-state index < -0.39 is 6.10 Å². The Hall–Kier alpha value is -2.73. The molecule has 1 atom stereocenters. The third-order valence-corrected chi connectivity index (χ3v) is 5.50. The number of nitrogens with one attached hydrogen (secondary N) is 1. The summed E-state index contributed by atoms with van der Waals surface area (Å²) in [4.78, 5) is 12.7.